The van der Waals surface area contributed by atoms with E-state index in [1.807, 2.05) is 0 Å². The Balaban J connectivity index is 1.95. The third-order valence-electron chi connectivity index (χ3n) is 3.90. The first-order valence-electron chi connectivity index (χ1n) is 7.70. The SMILES string of the molecule is O=S(=O)(c1ccccc1Oc1ccc(F)cc1F)N1CCCCC1. The van der Waals surface area contributed by atoms with Crippen molar-refractivity contribution in [2.45, 2.75) is 24.2 Å². The van der Waals surface area contributed by atoms with Gasteiger partial charge in [0.15, 0.2) is 11.6 Å². The van der Waals surface area contributed by atoms with Crippen molar-refractivity contribution in [2.75, 3.05) is 13.1 Å². The molecule has 3 rings (SSSR count). The standard InChI is InChI=1S/C17H17F2NO3S/c18-13-8-9-15(14(19)12-13)23-16-6-2-3-7-17(16)24(21,22)20-10-4-1-5-11-20/h2-3,6-9,12H,1,4-5,10-11H2. The zero-order valence-electron chi connectivity index (χ0n) is 12.9. The quantitative estimate of drug-likeness (QED) is 0.837. The summed E-state index contributed by atoms with van der Waals surface area (Å²) < 4.78 is 59.3. The average molecular weight is 353 g/mol. The van der Waals surface area contributed by atoms with E-state index in [4.69, 9.17) is 4.74 Å². The number of hydrogen-bond acceptors (Lipinski definition) is 3. The van der Waals surface area contributed by atoms with Crippen molar-refractivity contribution in [3.8, 4) is 11.5 Å². The second-order valence-electron chi connectivity index (χ2n) is 5.59. The van der Waals surface area contributed by atoms with Gasteiger partial charge in [0.2, 0.25) is 10.0 Å². The molecule has 128 valence electrons. The van der Waals surface area contributed by atoms with E-state index in [2.05, 4.69) is 0 Å². The molecular weight excluding hydrogens is 336 g/mol. The van der Waals surface area contributed by atoms with Crippen LogP contribution in [0.1, 0.15) is 19.3 Å². The summed E-state index contributed by atoms with van der Waals surface area (Å²) in [4.78, 5) is -0.0179. The van der Waals surface area contributed by atoms with Crippen LogP contribution >= 0.6 is 0 Å². The van der Waals surface area contributed by atoms with Crippen LogP contribution in [0.15, 0.2) is 47.4 Å². The van der Waals surface area contributed by atoms with Gasteiger partial charge in [-0.25, -0.2) is 17.2 Å². The predicted molar refractivity (Wildman–Crippen MR) is 85.5 cm³/mol. The van der Waals surface area contributed by atoms with Gasteiger partial charge in [-0.1, -0.05) is 18.6 Å². The van der Waals surface area contributed by atoms with Crippen molar-refractivity contribution < 1.29 is 21.9 Å². The smallest absolute Gasteiger partial charge is 0.246 e. The van der Waals surface area contributed by atoms with E-state index in [9.17, 15) is 17.2 Å². The second-order valence-corrected chi connectivity index (χ2v) is 7.49. The molecule has 0 atom stereocenters. The first kappa shape index (κ1) is 16.9. The number of nitrogens with zero attached hydrogens (tertiary/aromatic N) is 1. The Morgan fingerprint density at radius 3 is 2.33 bits per heavy atom. The highest BCUT2D eigenvalue weighted by Gasteiger charge is 2.29. The molecule has 1 aliphatic rings. The van der Waals surface area contributed by atoms with Gasteiger partial charge < -0.3 is 4.74 Å². The lowest BCUT2D eigenvalue weighted by Gasteiger charge is -2.26. The van der Waals surface area contributed by atoms with Gasteiger partial charge in [0.1, 0.15) is 16.5 Å². The molecular formula is C17H17F2NO3S. The summed E-state index contributed by atoms with van der Waals surface area (Å²) in [5, 5.41) is 0. The molecule has 1 fully saturated rings. The number of para-hydroxylation sites is 1. The number of ether oxygens (including phenoxy) is 1. The minimum Gasteiger partial charge on any atom is -0.453 e. The van der Waals surface area contributed by atoms with Crippen molar-refractivity contribution in [3.63, 3.8) is 0 Å². The highest BCUT2D eigenvalue weighted by atomic mass is 32.2. The number of piperidine rings is 1. The Bertz CT molecular complexity index is 833. The van der Waals surface area contributed by atoms with Crippen molar-refractivity contribution in [2.24, 2.45) is 0 Å². The monoisotopic (exact) mass is 353 g/mol. The number of hydrogen-bond donors (Lipinski definition) is 0. The Hall–Kier alpha value is -1.99. The lowest BCUT2D eigenvalue weighted by atomic mass is 10.2. The van der Waals surface area contributed by atoms with Gasteiger partial charge in [0.05, 0.1) is 0 Å². The van der Waals surface area contributed by atoms with E-state index < -0.39 is 21.7 Å². The Morgan fingerprint density at radius 2 is 1.62 bits per heavy atom. The number of sulfonamides is 1. The van der Waals surface area contributed by atoms with Crippen LogP contribution in [-0.4, -0.2) is 25.8 Å². The molecule has 24 heavy (non-hydrogen) atoms. The maximum atomic E-state index is 13.8. The van der Waals surface area contributed by atoms with Crippen LogP contribution in [0.3, 0.4) is 0 Å². The number of halogens is 2. The summed E-state index contributed by atoms with van der Waals surface area (Å²) in [5.41, 5.74) is 0. The molecule has 0 amide bonds. The van der Waals surface area contributed by atoms with E-state index in [1.54, 1.807) is 12.1 Å². The minimum atomic E-state index is -3.72. The van der Waals surface area contributed by atoms with Crippen molar-refractivity contribution in [1.82, 2.24) is 4.31 Å². The van der Waals surface area contributed by atoms with Crippen LogP contribution in [0.2, 0.25) is 0 Å². The van der Waals surface area contributed by atoms with Gasteiger partial charge in [-0.05, 0) is 37.1 Å². The van der Waals surface area contributed by atoms with Crippen LogP contribution in [0.4, 0.5) is 8.78 Å². The molecule has 2 aromatic carbocycles. The summed E-state index contributed by atoms with van der Waals surface area (Å²) in [6.45, 7) is 0.920. The van der Waals surface area contributed by atoms with Crippen LogP contribution < -0.4 is 4.74 Å². The molecule has 7 heteroatoms. The second kappa shape index (κ2) is 6.86. The largest absolute Gasteiger partial charge is 0.453 e. The van der Waals surface area contributed by atoms with E-state index in [0.29, 0.717) is 19.2 Å². The molecule has 0 spiro atoms. The predicted octanol–water partition coefficient (Wildman–Crippen LogP) is 3.93. The maximum absolute atomic E-state index is 13.8. The summed E-state index contributed by atoms with van der Waals surface area (Å²) >= 11 is 0. The summed E-state index contributed by atoms with van der Waals surface area (Å²) in [6.07, 6.45) is 2.63. The van der Waals surface area contributed by atoms with Gasteiger partial charge in [0, 0.05) is 19.2 Å². The Kier molecular flexibility index (Phi) is 4.82. The van der Waals surface area contributed by atoms with E-state index >= 15 is 0 Å². The fraction of sp³-hybridized carbons (Fsp3) is 0.294. The number of benzene rings is 2. The summed E-state index contributed by atoms with van der Waals surface area (Å²) in [7, 11) is -3.72. The van der Waals surface area contributed by atoms with Gasteiger partial charge in [-0.3, -0.25) is 0 Å². The number of rotatable bonds is 4. The zero-order valence-corrected chi connectivity index (χ0v) is 13.7. The van der Waals surface area contributed by atoms with Gasteiger partial charge >= 0.3 is 0 Å². The molecule has 0 aromatic heterocycles. The van der Waals surface area contributed by atoms with E-state index in [1.165, 1.54) is 16.4 Å². The average Bonchev–Trinajstić information content (AvgIpc) is 2.58. The third-order valence-corrected chi connectivity index (χ3v) is 5.83. The van der Waals surface area contributed by atoms with E-state index in [0.717, 1.165) is 31.4 Å². The zero-order chi connectivity index (χ0) is 17.2. The molecule has 4 nitrogen and oxygen atoms in total. The van der Waals surface area contributed by atoms with E-state index in [-0.39, 0.29) is 16.4 Å². The molecule has 0 unspecified atom stereocenters. The first-order chi connectivity index (χ1) is 11.5. The topological polar surface area (TPSA) is 46.6 Å². The molecule has 0 N–H and O–H groups in total. The normalized spacial score (nSPS) is 16.1. The van der Waals surface area contributed by atoms with Crippen LogP contribution in [-0.2, 0) is 10.0 Å². The van der Waals surface area contributed by atoms with Gasteiger partial charge in [-0.2, -0.15) is 4.31 Å². The molecule has 1 heterocycles. The van der Waals surface area contributed by atoms with Crippen LogP contribution in [0.25, 0.3) is 0 Å². The van der Waals surface area contributed by atoms with Crippen molar-refractivity contribution >= 4 is 10.0 Å². The van der Waals surface area contributed by atoms with Crippen LogP contribution in [0, 0.1) is 11.6 Å². The van der Waals surface area contributed by atoms with Crippen LogP contribution in [0.5, 0.6) is 11.5 Å². The molecule has 0 bridgehead atoms. The third kappa shape index (κ3) is 3.42. The fourth-order valence-electron chi connectivity index (χ4n) is 2.67. The van der Waals surface area contributed by atoms with Crippen molar-refractivity contribution in [3.05, 3.63) is 54.1 Å². The molecule has 0 saturated carbocycles. The molecule has 0 radical (unpaired) electrons. The Morgan fingerprint density at radius 1 is 0.917 bits per heavy atom. The lowest BCUT2D eigenvalue weighted by Crippen LogP contribution is -2.35. The molecule has 0 aliphatic carbocycles. The minimum absolute atomic E-state index is 0.0179. The maximum Gasteiger partial charge on any atom is 0.246 e. The molecule has 2 aromatic rings. The lowest BCUT2D eigenvalue weighted by molar-refractivity contribution is 0.344. The molecule has 1 aliphatic heterocycles. The summed E-state index contributed by atoms with van der Waals surface area (Å²) in [6, 6.07) is 8.96. The highest BCUT2D eigenvalue weighted by molar-refractivity contribution is 7.89. The Labute approximate surface area is 139 Å². The fourth-order valence-corrected chi connectivity index (χ4v) is 4.30. The highest BCUT2D eigenvalue weighted by Crippen LogP contribution is 2.33. The van der Waals surface area contributed by atoms with Crippen molar-refractivity contribution in [1.29, 1.82) is 0 Å². The summed E-state index contributed by atoms with van der Waals surface area (Å²) in [5.74, 6) is -1.82. The first-order valence-corrected chi connectivity index (χ1v) is 9.14. The molecule has 1 saturated heterocycles. The van der Waals surface area contributed by atoms with Gasteiger partial charge in [-0.15, -0.1) is 0 Å². The van der Waals surface area contributed by atoms with Gasteiger partial charge in [0.25, 0.3) is 0 Å².